The van der Waals surface area contributed by atoms with Crippen molar-refractivity contribution >= 4 is 11.4 Å². The van der Waals surface area contributed by atoms with Crippen molar-refractivity contribution in [3.05, 3.63) is 59.7 Å². The van der Waals surface area contributed by atoms with Crippen LogP contribution in [0.1, 0.15) is 37.3 Å². The smallest absolute Gasteiger partial charge is 0.0400 e. The minimum Gasteiger partial charge on any atom is -0.381 e. The zero-order chi connectivity index (χ0) is 15.2. The van der Waals surface area contributed by atoms with Crippen LogP contribution in [-0.4, -0.2) is 13.1 Å². The third kappa shape index (κ3) is 3.82. The van der Waals surface area contributed by atoms with Gasteiger partial charge in [0.25, 0.3) is 0 Å². The lowest BCUT2D eigenvalue weighted by Gasteiger charge is -2.28. The van der Waals surface area contributed by atoms with Gasteiger partial charge in [-0.3, -0.25) is 0 Å². The largest absolute Gasteiger partial charge is 0.381 e. The van der Waals surface area contributed by atoms with E-state index in [1.807, 2.05) is 0 Å². The van der Waals surface area contributed by atoms with E-state index in [0.29, 0.717) is 0 Å². The Morgan fingerprint density at radius 1 is 0.818 bits per heavy atom. The molecular weight excluding hydrogens is 268 g/mol. The van der Waals surface area contributed by atoms with Gasteiger partial charge >= 0.3 is 0 Å². The van der Waals surface area contributed by atoms with E-state index in [2.05, 4.69) is 65.7 Å². The monoisotopic (exact) mass is 294 g/mol. The highest BCUT2D eigenvalue weighted by atomic mass is 15.1. The van der Waals surface area contributed by atoms with E-state index in [9.17, 15) is 0 Å². The molecule has 2 nitrogen and oxygen atoms in total. The number of nitrogens with one attached hydrogen (secondary N) is 1. The quantitative estimate of drug-likeness (QED) is 0.848. The van der Waals surface area contributed by atoms with Crippen molar-refractivity contribution in [2.24, 2.45) is 0 Å². The average molecular weight is 294 g/mol. The van der Waals surface area contributed by atoms with E-state index >= 15 is 0 Å². The van der Waals surface area contributed by atoms with Gasteiger partial charge < -0.3 is 10.2 Å². The molecule has 0 bridgehead atoms. The van der Waals surface area contributed by atoms with Crippen LogP contribution >= 0.6 is 0 Å². The molecule has 1 heterocycles. The number of benzene rings is 2. The van der Waals surface area contributed by atoms with Gasteiger partial charge in [0.15, 0.2) is 0 Å². The first kappa shape index (κ1) is 15.0. The van der Waals surface area contributed by atoms with E-state index in [1.165, 1.54) is 54.9 Å². The zero-order valence-corrected chi connectivity index (χ0v) is 13.5. The molecule has 2 heteroatoms. The van der Waals surface area contributed by atoms with Crippen molar-refractivity contribution in [2.45, 2.75) is 39.2 Å². The maximum atomic E-state index is 3.51. The molecule has 1 saturated heterocycles. The summed E-state index contributed by atoms with van der Waals surface area (Å²) in [6, 6.07) is 17.8. The van der Waals surface area contributed by atoms with E-state index in [-0.39, 0.29) is 0 Å². The predicted molar refractivity (Wildman–Crippen MR) is 95.7 cm³/mol. The fraction of sp³-hybridized carbons (Fsp3) is 0.400. The average Bonchev–Trinajstić information content (AvgIpc) is 2.61. The van der Waals surface area contributed by atoms with Gasteiger partial charge in [0, 0.05) is 31.0 Å². The number of piperidine rings is 1. The van der Waals surface area contributed by atoms with E-state index in [1.54, 1.807) is 0 Å². The molecule has 3 rings (SSSR count). The second-order valence-corrected chi connectivity index (χ2v) is 6.12. The third-order valence-electron chi connectivity index (χ3n) is 4.52. The van der Waals surface area contributed by atoms with E-state index in [0.717, 1.165) is 13.0 Å². The summed E-state index contributed by atoms with van der Waals surface area (Å²) < 4.78 is 0. The highest BCUT2D eigenvalue weighted by molar-refractivity contribution is 5.55. The molecule has 0 saturated carbocycles. The number of hydrogen-bond donors (Lipinski definition) is 1. The number of aryl methyl sites for hydroxylation is 1. The number of hydrogen-bond acceptors (Lipinski definition) is 2. The number of nitrogens with zero attached hydrogens (tertiary/aromatic N) is 1. The zero-order valence-electron chi connectivity index (χ0n) is 13.5. The van der Waals surface area contributed by atoms with Crippen molar-refractivity contribution < 1.29 is 0 Å². The standard InChI is InChI=1S/C20H26N2/c1-2-17-6-8-18(9-7-17)16-21-19-10-12-20(13-11-19)22-14-4-3-5-15-22/h6-13,21H,2-5,14-16H2,1H3. The Balaban J connectivity index is 1.56. The molecule has 1 N–H and O–H groups in total. The molecule has 116 valence electrons. The van der Waals surface area contributed by atoms with Crippen molar-refractivity contribution in [2.75, 3.05) is 23.3 Å². The minimum atomic E-state index is 0.882. The third-order valence-corrected chi connectivity index (χ3v) is 4.52. The van der Waals surface area contributed by atoms with Crippen LogP contribution in [-0.2, 0) is 13.0 Å². The summed E-state index contributed by atoms with van der Waals surface area (Å²) in [7, 11) is 0. The topological polar surface area (TPSA) is 15.3 Å². The fourth-order valence-electron chi connectivity index (χ4n) is 3.04. The lowest BCUT2D eigenvalue weighted by atomic mass is 10.1. The van der Waals surface area contributed by atoms with Crippen LogP contribution in [0.4, 0.5) is 11.4 Å². The Morgan fingerprint density at radius 3 is 2.09 bits per heavy atom. The molecule has 2 aromatic carbocycles. The summed E-state index contributed by atoms with van der Waals surface area (Å²) in [4.78, 5) is 2.50. The molecule has 0 amide bonds. The molecular formula is C20H26N2. The van der Waals surface area contributed by atoms with Crippen LogP contribution in [0.5, 0.6) is 0 Å². The van der Waals surface area contributed by atoms with Gasteiger partial charge in [-0.1, -0.05) is 31.2 Å². The van der Waals surface area contributed by atoms with Crippen LogP contribution in [0.25, 0.3) is 0 Å². The highest BCUT2D eigenvalue weighted by Crippen LogP contribution is 2.22. The lowest BCUT2D eigenvalue weighted by molar-refractivity contribution is 0.578. The molecule has 1 aliphatic rings. The SMILES string of the molecule is CCc1ccc(CNc2ccc(N3CCCCC3)cc2)cc1. The lowest BCUT2D eigenvalue weighted by Crippen LogP contribution is -2.29. The maximum absolute atomic E-state index is 3.51. The maximum Gasteiger partial charge on any atom is 0.0400 e. The predicted octanol–water partition coefficient (Wildman–Crippen LogP) is 4.85. The molecule has 2 aromatic rings. The Hall–Kier alpha value is -1.96. The molecule has 22 heavy (non-hydrogen) atoms. The van der Waals surface area contributed by atoms with Crippen molar-refractivity contribution in [3.63, 3.8) is 0 Å². The molecule has 0 atom stereocenters. The fourth-order valence-corrected chi connectivity index (χ4v) is 3.04. The highest BCUT2D eigenvalue weighted by Gasteiger charge is 2.10. The van der Waals surface area contributed by atoms with Gasteiger partial charge in [-0.25, -0.2) is 0 Å². The Kier molecular flexibility index (Phi) is 4.99. The van der Waals surface area contributed by atoms with Crippen molar-refractivity contribution in [1.82, 2.24) is 0 Å². The van der Waals surface area contributed by atoms with Crippen LogP contribution in [0.2, 0.25) is 0 Å². The summed E-state index contributed by atoms with van der Waals surface area (Å²) >= 11 is 0. The molecule has 0 aliphatic carbocycles. The van der Waals surface area contributed by atoms with Gasteiger partial charge in [0.05, 0.1) is 0 Å². The van der Waals surface area contributed by atoms with Crippen LogP contribution < -0.4 is 10.2 Å². The minimum absolute atomic E-state index is 0.882. The molecule has 0 aromatic heterocycles. The van der Waals surface area contributed by atoms with Gasteiger partial charge in [-0.15, -0.1) is 0 Å². The molecule has 0 spiro atoms. The Morgan fingerprint density at radius 2 is 1.45 bits per heavy atom. The first-order chi connectivity index (χ1) is 10.8. The first-order valence-corrected chi connectivity index (χ1v) is 8.52. The van der Waals surface area contributed by atoms with Gasteiger partial charge in [-0.2, -0.15) is 0 Å². The number of anilines is 2. The molecule has 1 aliphatic heterocycles. The first-order valence-electron chi connectivity index (χ1n) is 8.52. The van der Waals surface area contributed by atoms with Crippen LogP contribution in [0.15, 0.2) is 48.5 Å². The Labute approximate surface area is 134 Å². The van der Waals surface area contributed by atoms with Crippen molar-refractivity contribution in [3.8, 4) is 0 Å². The summed E-state index contributed by atoms with van der Waals surface area (Å²) in [6.45, 7) is 5.48. The van der Waals surface area contributed by atoms with Gasteiger partial charge in [0.2, 0.25) is 0 Å². The molecule has 1 fully saturated rings. The molecule has 0 radical (unpaired) electrons. The van der Waals surface area contributed by atoms with Crippen LogP contribution in [0, 0.1) is 0 Å². The normalized spacial score (nSPS) is 14.9. The second-order valence-electron chi connectivity index (χ2n) is 6.12. The molecule has 0 unspecified atom stereocenters. The van der Waals surface area contributed by atoms with E-state index < -0.39 is 0 Å². The van der Waals surface area contributed by atoms with Crippen molar-refractivity contribution in [1.29, 1.82) is 0 Å². The Bertz CT molecular complexity index is 566. The summed E-state index contributed by atoms with van der Waals surface area (Å²) in [6.07, 6.45) is 5.14. The summed E-state index contributed by atoms with van der Waals surface area (Å²) in [5.41, 5.74) is 5.28. The van der Waals surface area contributed by atoms with E-state index in [4.69, 9.17) is 0 Å². The van der Waals surface area contributed by atoms with Gasteiger partial charge in [0.1, 0.15) is 0 Å². The summed E-state index contributed by atoms with van der Waals surface area (Å²) in [5, 5.41) is 3.51. The van der Waals surface area contributed by atoms with Gasteiger partial charge in [-0.05, 0) is 61.1 Å². The number of rotatable bonds is 5. The second kappa shape index (κ2) is 7.35. The van der Waals surface area contributed by atoms with Crippen LogP contribution in [0.3, 0.4) is 0 Å². The summed E-state index contributed by atoms with van der Waals surface area (Å²) in [5.74, 6) is 0.